The van der Waals surface area contributed by atoms with E-state index < -0.39 is 5.91 Å². The number of amides is 2. The van der Waals surface area contributed by atoms with Gasteiger partial charge in [-0.3, -0.25) is 9.59 Å². The molecule has 0 aliphatic heterocycles. The summed E-state index contributed by atoms with van der Waals surface area (Å²) in [5.74, 6) is 0.355. The molecule has 0 heterocycles. The summed E-state index contributed by atoms with van der Waals surface area (Å²) in [6.45, 7) is -0.222. The van der Waals surface area contributed by atoms with Crippen LogP contribution in [-0.2, 0) is 4.79 Å². The number of rotatable bonds is 7. The molecule has 0 unspecified atom stereocenters. The maximum absolute atomic E-state index is 13.1. The van der Waals surface area contributed by atoms with Crippen LogP contribution in [0.5, 0.6) is 11.5 Å². The van der Waals surface area contributed by atoms with Crippen molar-refractivity contribution in [1.29, 1.82) is 0 Å². The van der Waals surface area contributed by atoms with Crippen molar-refractivity contribution in [3.8, 4) is 11.5 Å². The van der Waals surface area contributed by atoms with Gasteiger partial charge in [0.25, 0.3) is 11.8 Å². The predicted octanol–water partition coefficient (Wildman–Crippen LogP) is 2.50. The summed E-state index contributed by atoms with van der Waals surface area (Å²) < 4.78 is 10.7. The van der Waals surface area contributed by atoms with E-state index in [0.717, 1.165) is 25.7 Å². The molecule has 0 spiro atoms. The van der Waals surface area contributed by atoms with E-state index in [2.05, 4.69) is 4.90 Å². The number of methoxy groups -OCH3 is 1. The number of benzene rings is 1. The first-order valence-electron chi connectivity index (χ1n) is 9.02. The highest BCUT2D eigenvalue weighted by molar-refractivity contribution is 5.95. The van der Waals surface area contributed by atoms with Crippen molar-refractivity contribution < 1.29 is 19.1 Å². The zero-order valence-electron chi connectivity index (χ0n) is 14.7. The van der Waals surface area contributed by atoms with Gasteiger partial charge >= 0.3 is 0 Å². The Bertz CT molecular complexity index is 636. The van der Waals surface area contributed by atoms with Gasteiger partial charge in [-0.2, -0.15) is 0 Å². The minimum absolute atomic E-state index is 0.0640. The Morgan fingerprint density at radius 3 is 2.36 bits per heavy atom. The van der Waals surface area contributed by atoms with E-state index >= 15 is 0 Å². The van der Waals surface area contributed by atoms with Crippen LogP contribution >= 0.6 is 0 Å². The Morgan fingerprint density at radius 2 is 1.76 bits per heavy atom. The molecular weight excluding hydrogens is 320 g/mol. The van der Waals surface area contributed by atoms with E-state index in [9.17, 15) is 9.59 Å². The van der Waals surface area contributed by atoms with Gasteiger partial charge in [-0.05, 0) is 43.9 Å². The van der Waals surface area contributed by atoms with Crippen LogP contribution in [0.3, 0.4) is 0 Å². The summed E-state index contributed by atoms with van der Waals surface area (Å²) in [5.41, 5.74) is 5.70. The van der Waals surface area contributed by atoms with Crippen molar-refractivity contribution in [3.05, 3.63) is 23.8 Å². The monoisotopic (exact) mass is 346 g/mol. The molecule has 6 nitrogen and oxygen atoms in total. The van der Waals surface area contributed by atoms with Crippen molar-refractivity contribution in [1.82, 2.24) is 4.90 Å². The van der Waals surface area contributed by atoms with Gasteiger partial charge in [-0.1, -0.05) is 19.3 Å². The number of carbonyl (C=O) groups excluding carboxylic acids is 2. The van der Waals surface area contributed by atoms with Crippen LogP contribution in [0.2, 0.25) is 0 Å². The van der Waals surface area contributed by atoms with Crippen molar-refractivity contribution >= 4 is 11.8 Å². The lowest BCUT2D eigenvalue weighted by Gasteiger charge is -2.34. The zero-order valence-corrected chi connectivity index (χ0v) is 14.7. The van der Waals surface area contributed by atoms with Gasteiger partial charge in [0.2, 0.25) is 0 Å². The van der Waals surface area contributed by atoms with Crippen molar-refractivity contribution in [3.63, 3.8) is 0 Å². The maximum atomic E-state index is 13.1. The van der Waals surface area contributed by atoms with Crippen LogP contribution in [0, 0.1) is 0 Å². The van der Waals surface area contributed by atoms with Crippen LogP contribution in [0.1, 0.15) is 55.3 Å². The average Bonchev–Trinajstić information content (AvgIpc) is 3.45. The highest BCUT2D eigenvalue weighted by Gasteiger charge is 2.38. The fourth-order valence-corrected chi connectivity index (χ4v) is 3.56. The third-order valence-electron chi connectivity index (χ3n) is 4.92. The van der Waals surface area contributed by atoms with Crippen molar-refractivity contribution in [2.45, 2.75) is 57.0 Å². The van der Waals surface area contributed by atoms with E-state index in [4.69, 9.17) is 15.2 Å². The molecule has 0 radical (unpaired) electrons. The zero-order chi connectivity index (χ0) is 17.8. The van der Waals surface area contributed by atoms with E-state index in [1.54, 1.807) is 18.2 Å². The Balaban J connectivity index is 1.78. The van der Waals surface area contributed by atoms with Gasteiger partial charge < -0.3 is 20.1 Å². The first-order valence-corrected chi connectivity index (χ1v) is 9.02. The van der Waals surface area contributed by atoms with Crippen LogP contribution < -0.4 is 15.2 Å². The van der Waals surface area contributed by atoms with E-state index in [1.165, 1.54) is 26.4 Å². The summed E-state index contributed by atoms with van der Waals surface area (Å²) in [6, 6.07) is 5.83. The molecule has 3 rings (SSSR count). The molecule has 1 aromatic rings. The van der Waals surface area contributed by atoms with Gasteiger partial charge in [-0.15, -0.1) is 0 Å². The Kier molecular flexibility index (Phi) is 5.46. The molecule has 0 bridgehead atoms. The lowest BCUT2D eigenvalue weighted by Crippen LogP contribution is -2.43. The van der Waals surface area contributed by atoms with Gasteiger partial charge in [0, 0.05) is 17.6 Å². The molecule has 2 aliphatic carbocycles. The molecule has 2 N–H and O–H groups in total. The van der Waals surface area contributed by atoms with Crippen LogP contribution in [-0.4, -0.2) is 42.5 Å². The topological polar surface area (TPSA) is 81.9 Å². The fraction of sp³-hybridized carbons (Fsp3) is 0.579. The molecule has 2 aliphatic rings. The largest absolute Gasteiger partial charge is 0.493 e. The Labute approximate surface area is 148 Å². The average molecular weight is 346 g/mol. The first kappa shape index (κ1) is 17.6. The first-order chi connectivity index (χ1) is 12.1. The number of ether oxygens (including phenoxy) is 2. The molecule has 1 aromatic carbocycles. The Morgan fingerprint density at radius 1 is 1.08 bits per heavy atom. The van der Waals surface area contributed by atoms with E-state index in [-0.39, 0.29) is 12.5 Å². The number of primary amides is 1. The molecule has 2 fully saturated rings. The number of nitrogens with zero attached hydrogens (tertiary/aromatic N) is 1. The second kappa shape index (κ2) is 7.76. The summed E-state index contributed by atoms with van der Waals surface area (Å²) in [7, 11) is 1.51. The number of nitrogens with two attached hydrogens (primary N) is 1. The standard InChI is InChI=1S/C19H26N2O4/c1-24-17-11-13(7-10-16(17)25-12-18(20)22)19(23)21(15-8-9-15)14-5-3-2-4-6-14/h7,10-11,14-15H,2-6,8-9,12H2,1H3,(H2,20,22). The lowest BCUT2D eigenvalue weighted by atomic mass is 9.93. The molecule has 2 amide bonds. The summed E-state index contributed by atoms with van der Waals surface area (Å²) in [6.07, 6.45) is 8.05. The quantitative estimate of drug-likeness (QED) is 0.822. The summed E-state index contributed by atoms with van der Waals surface area (Å²) in [4.78, 5) is 26.1. The fourth-order valence-electron chi connectivity index (χ4n) is 3.56. The SMILES string of the molecule is COc1cc(C(=O)N(C2CCCCC2)C2CC2)ccc1OCC(N)=O. The second-order valence-electron chi connectivity index (χ2n) is 6.86. The number of carbonyl (C=O) groups is 2. The molecular formula is C19H26N2O4. The summed E-state index contributed by atoms with van der Waals surface area (Å²) in [5, 5.41) is 0. The van der Waals surface area contributed by atoms with E-state index in [1.807, 2.05) is 0 Å². The molecule has 0 aromatic heterocycles. The molecule has 136 valence electrons. The normalized spacial score (nSPS) is 17.8. The van der Waals surface area contributed by atoms with Crippen LogP contribution in [0.4, 0.5) is 0 Å². The Hall–Kier alpha value is -2.24. The van der Waals surface area contributed by atoms with Gasteiger partial charge in [0.1, 0.15) is 0 Å². The van der Waals surface area contributed by atoms with E-state index in [0.29, 0.717) is 29.1 Å². The van der Waals surface area contributed by atoms with Crippen molar-refractivity contribution in [2.24, 2.45) is 5.73 Å². The molecule has 0 atom stereocenters. The minimum atomic E-state index is -0.556. The minimum Gasteiger partial charge on any atom is -0.493 e. The number of hydrogen-bond donors (Lipinski definition) is 1. The molecule has 25 heavy (non-hydrogen) atoms. The van der Waals surface area contributed by atoms with Gasteiger partial charge in [-0.25, -0.2) is 0 Å². The second-order valence-corrected chi connectivity index (χ2v) is 6.86. The highest BCUT2D eigenvalue weighted by atomic mass is 16.5. The van der Waals surface area contributed by atoms with Gasteiger partial charge in [0.05, 0.1) is 7.11 Å². The highest BCUT2D eigenvalue weighted by Crippen LogP contribution is 2.36. The molecule has 2 saturated carbocycles. The molecule has 6 heteroatoms. The van der Waals surface area contributed by atoms with Gasteiger partial charge in [0.15, 0.2) is 18.1 Å². The van der Waals surface area contributed by atoms with Crippen LogP contribution in [0.25, 0.3) is 0 Å². The predicted molar refractivity (Wildman–Crippen MR) is 93.7 cm³/mol. The smallest absolute Gasteiger partial charge is 0.255 e. The summed E-state index contributed by atoms with van der Waals surface area (Å²) >= 11 is 0. The lowest BCUT2D eigenvalue weighted by molar-refractivity contribution is -0.119. The molecule has 0 saturated heterocycles. The van der Waals surface area contributed by atoms with Crippen LogP contribution in [0.15, 0.2) is 18.2 Å². The number of hydrogen-bond acceptors (Lipinski definition) is 4. The third-order valence-corrected chi connectivity index (χ3v) is 4.92. The maximum Gasteiger partial charge on any atom is 0.255 e. The van der Waals surface area contributed by atoms with Crippen molar-refractivity contribution in [2.75, 3.05) is 13.7 Å². The third kappa shape index (κ3) is 4.24.